The Hall–Kier alpha value is -2.13. The maximum absolute atomic E-state index is 12.2. The lowest BCUT2D eigenvalue weighted by Gasteiger charge is -2.38. The Morgan fingerprint density at radius 1 is 1.25 bits per heavy atom. The Balaban J connectivity index is 1.88. The zero-order valence-electron chi connectivity index (χ0n) is 13.6. The molecule has 1 aliphatic rings. The summed E-state index contributed by atoms with van der Waals surface area (Å²) < 4.78 is 24.6. The number of carboxylic acids is 1. The van der Waals surface area contributed by atoms with Crippen LogP contribution in [0.1, 0.15) is 22.8 Å². The molecule has 1 saturated heterocycles. The summed E-state index contributed by atoms with van der Waals surface area (Å²) in [5, 5.41) is 11.6. The van der Waals surface area contributed by atoms with Crippen molar-refractivity contribution in [3.63, 3.8) is 0 Å². The number of benzene rings is 1. The fraction of sp³-hybridized carbons (Fsp3) is 0.467. The van der Waals surface area contributed by atoms with Gasteiger partial charge in [0.1, 0.15) is 0 Å². The van der Waals surface area contributed by atoms with Gasteiger partial charge in [-0.25, -0.2) is 18.0 Å². The zero-order chi connectivity index (χ0) is 17.9. The molecule has 1 fully saturated rings. The second kappa shape index (κ2) is 7.18. The number of carbonyl (C=O) groups excluding carboxylic acids is 1. The molecule has 132 valence electrons. The molecule has 0 spiro atoms. The largest absolute Gasteiger partial charge is 0.478 e. The van der Waals surface area contributed by atoms with Gasteiger partial charge in [0.05, 0.1) is 11.8 Å². The van der Waals surface area contributed by atoms with Crippen LogP contribution in [0.2, 0.25) is 0 Å². The van der Waals surface area contributed by atoms with Crippen LogP contribution in [0.25, 0.3) is 0 Å². The van der Waals surface area contributed by atoms with E-state index in [2.05, 4.69) is 5.32 Å². The molecule has 0 aliphatic carbocycles. The van der Waals surface area contributed by atoms with E-state index >= 15 is 0 Å². The smallest absolute Gasteiger partial charge is 0.335 e. The first-order chi connectivity index (χ1) is 11.2. The highest BCUT2D eigenvalue weighted by Crippen LogP contribution is 2.13. The summed E-state index contributed by atoms with van der Waals surface area (Å²) in [4.78, 5) is 24.6. The molecular weight excluding hydrogens is 334 g/mol. The number of carboxylic acid groups (broad SMARTS) is 1. The number of rotatable bonds is 4. The number of amides is 2. The van der Waals surface area contributed by atoms with Crippen LogP contribution in [0.3, 0.4) is 0 Å². The molecule has 1 heterocycles. The van der Waals surface area contributed by atoms with E-state index in [1.165, 1.54) is 22.7 Å². The molecule has 0 aromatic heterocycles. The zero-order valence-corrected chi connectivity index (χ0v) is 14.4. The van der Waals surface area contributed by atoms with Crippen molar-refractivity contribution in [1.82, 2.24) is 14.5 Å². The van der Waals surface area contributed by atoms with Crippen LogP contribution >= 0.6 is 0 Å². The summed E-state index contributed by atoms with van der Waals surface area (Å²) in [6, 6.07) is 5.72. The molecule has 0 saturated carbocycles. The number of sulfonamides is 1. The molecule has 1 aromatic rings. The number of nitrogens with one attached hydrogen (secondary N) is 1. The molecule has 0 radical (unpaired) electrons. The van der Waals surface area contributed by atoms with Crippen molar-refractivity contribution < 1.29 is 23.1 Å². The Morgan fingerprint density at radius 2 is 1.88 bits per heavy atom. The lowest BCUT2D eigenvalue weighted by molar-refractivity contribution is 0.0697. The third-order valence-corrected chi connectivity index (χ3v) is 5.32. The van der Waals surface area contributed by atoms with Gasteiger partial charge in [-0.05, 0) is 24.6 Å². The number of hydrogen-bond acceptors (Lipinski definition) is 4. The lowest BCUT2D eigenvalue weighted by atomic mass is 10.1. The first-order valence-electron chi connectivity index (χ1n) is 7.50. The van der Waals surface area contributed by atoms with Gasteiger partial charge in [-0.3, -0.25) is 0 Å². The molecule has 2 rings (SSSR count). The average Bonchev–Trinajstić information content (AvgIpc) is 2.51. The van der Waals surface area contributed by atoms with Gasteiger partial charge < -0.3 is 15.3 Å². The Kier molecular flexibility index (Phi) is 5.45. The van der Waals surface area contributed by atoms with Gasteiger partial charge in [0.25, 0.3) is 0 Å². The number of piperazine rings is 1. The number of hydrogen-bond donors (Lipinski definition) is 2. The highest BCUT2D eigenvalue weighted by molar-refractivity contribution is 7.88. The summed E-state index contributed by atoms with van der Waals surface area (Å²) in [6.45, 7) is 2.99. The van der Waals surface area contributed by atoms with Crippen molar-refractivity contribution in [3.05, 3.63) is 35.4 Å². The van der Waals surface area contributed by atoms with Gasteiger partial charge in [-0.1, -0.05) is 12.1 Å². The molecule has 24 heavy (non-hydrogen) atoms. The van der Waals surface area contributed by atoms with Crippen molar-refractivity contribution in [2.45, 2.75) is 19.5 Å². The number of urea groups is 1. The van der Waals surface area contributed by atoms with E-state index in [0.29, 0.717) is 13.1 Å². The van der Waals surface area contributed by atoms with Crippen LogP contribution in [0.5, 0.6) is 0 Å². The molecule has 2 N–H and O–H groups in total. The fourth-order valence-corrected chi connectivity index (χ4v) is 3.81. The summed E-state index contributed by atoms with van der Waals surface area (Å²) in [5.41, 5.74) is 0.979. The summed E-state index contributed by atoms with van der Waals surface area (Å²) >= 11 is 0. The highest BCUT2D eigenvalue weighted by atomic mass is 32.2. The van der Waals surface area contributed by atoms with Gasteiger partial charge >= 0.3 is 12.0 Å². The first-order valence-corrected chi connectivity index (χ1v) is 9.35. The van der Waals surface area contributed by atoms with E-state index < -0.39 is 16.0 Å². The third-order valence-electron chi connectivity index (χ3n) is 3.92. The highest BCUT2D eigenvalue weighted by Gasteiger charge is 2.31. The van der Waals surface area contributed by atoms with Crippen LogP contribution in [-0.2, 0) is 16.6 Å². The van der Waals surface area contributed by atoms with E-state index in [4.69, 9.17) is 5.11 Å². The van der Waals surface area contributed by atoms with Gasteiger partial charge in [0, 0.05) is 32.2 Å². The molecule has 1 atom stereocenters. The number of nitrogens with zero attached hydrogens (tertiary/aromatic N) is 2. The van der Waals surface area contributed by atoms with E-state index in [1.54, 1.807) is 24.0 Å². The second-order valence-corrected chi connectivity index (χ2v) is 7.76. The van der Waals surface area contributed by atoms with E-state index in [1.807, 2.05) is 0 Å². The summed E-state index contributed by atoms with van der Waals surface area (Å²) in [6.07, 6.45) is 1.17. The van der Waals surface area contributed by atoms with Crippen LogP contribution < -0.4 is 5.32 Å². The van der Waals surface area contributed by atoms with Gasteiger partial charge in [0.2, 0.25) is 10.0 Å². The molecular formula is C15H21N3O5S. The van der Waals surface area contributed by atoms with Crippen LogP contribution in [0.4, 0.5) is 4.79 Å². The fourth-order valence-electron chi connectivity index (χ4n) is 2.67. The minimum atomic E-state index is -3.26. The quantitative estimate of drug-likeness (QED) is 0.821. The standard InChI is InChI=1S/C15H21N3O5S/c1-11-10-17(7-8-18(11)24(2,22)23)15(21)16-9-12-3-5-13(6-4-12)14(19)20/h3-6,11H,7-10H2,1-2H3,(H,16,21)(H,19,20)/t11-/m0/s1. The van der Waals surface area contributed by atoms with Crippen molar-refractivity contribution in [1.29, 1.82) is 0 Å². The number of aromatic carboxylic acids is 1. The van der Waals surface area contributed by atoms with E-state index in [0.717, 1.165) is 5.56 Å². The first kappa shape index (κ1) is 18.2. The topological polar surface area (TPSA) is 107 Å². The molecule has 1 aromatic carbocycles. The van der Waals surface area contributed by atoms with Gasteiger partial charge in [-0.15, -0.1) is 0 Å². The van der Waals surface area contributed by atoms with Gasteiger partial charge in [0.15, 0.2) is 0 Å². The van der Waals surface area contributed by atoms with Gasteiger partial charge in [-0.2, -0.15) is 4.31 Å². The van der Waals surface area contributed by atoms with Crippen molar-refractivity contribution in [3.8, 4) is 0 Å². The van der Waals surface area contributed by atoms with Crippen molar-refractivity contribution in [2.24, 2.45) is 0 Å². The Bertz CT molecular complexity index is 717. The third kappa shape index (κ3) is 4.45. The Labute approximate surface area is 141 Å². The normalized spacial score (nSPS) is 19.1. The van der Waals surface area contributed by atoms with Crippen LogP contribution in [0.15, 0.2) is 24.3 Å². The van der Waals surface area contributed by atoms with E-state index in [9.17, 15) is 18.0 Å². The number of carbonyl (C=O) groups is 2. The summed E-state index contributed by atoms with van der Waals surface area (Å²) in [5.74, 6) is -0.997. The maximum atomic E-state index is 12.2. The van der Waals surface area contributed by atoms with Crippen molar-refractivity contribution >= 4 is 22.0 Å². The predicted octanol–water partition coefficient (Wildman–Crippen LogP) is 0.560. The molecule has 0 bridgehead atoms. The minimum absolute atomic E-state index is 0.191. The molecule has 9 heteroatoms. The van der Waals surface area contributed by atoms with E-state index in [-0.39, 0.29) is 30.7 Å². The molecule has 2 amide bonds. The Morgan fingerprint density at radius 3 is 2.38 bits per heavy atom. The monoisotopic (exact) mass is 355 g/mol. The molecule has 1 aliphatic heterocycles. The second-order valence-electron chi connectivity index (χ2n) is 5.83. The lowest BCUT2D eigenvalue weighted by Crippen LogP contribution is -2.56. The summed E-state index contributed by atoms with van der Waals surface area (Å²) in [7, 11) is -3.26. The van der Waals surface area contributed by atoms with Crippen LogP contribution in [0, 0.1) is 0 Å². The molecule has 8 nitrogen and oxygen atoms in total. The van der Waals surface area contributed by atoms with Crippen molar-refractivity contribution in [2.75, 3.05) is 25.9 Å². The predicted molar refractivity (Wildman–Crippen MR) is 88.2 cm³/mol. The SMILES string of the molecule is C[C@H]1CN(C(=O)NCc2ccc(C(=O)O)cc2)CCN1S(C)(=O)=O. The maximum Gasteiger partial charge on any atom is 0.335 e. The average molecular weight is 355 g/mol. The molecule has 0 unspecified atom stereocenters. The minimum Gasteiger partial charge on any atom is -0.478 e. The van der Waals surface area contributed by atoms with Crippen LogP contribution in [-0.4, -0.2) is 66.7 Å².